The SMILES string of the molecule is Nc1ccn([C@@]2(F)C=C[C@@H](CO)O2)c(=O)n1. The lowest BCUT2D eigenvalue weighted by Crippen LogP contribution is -2.39. The summed E-state index contributed by atoms with van der Waals surface area (Å²) in [5.74, 6) is -2.41. The van der Waals surface area contributed by atoms with E-state index in [1.807, 2.05) is 0 Å². The monoisotopic (exact) mass is 227 g/mol. The highest BCUT2D eigenvalue weighted by atomic mass is 19.2. The molecule has 0 saturated heterocycles. The topological polar surface area (TPSA) is 90.4 Å². The summed E-state index contributed by atoms with van der Waals surface area (Å²) in [6.45, 7) is -0.362. The zero-order valence-electron chi connectivity index (χ0n) is 8.21. The number of aliphatic hydroxyl groups excluding tert-OH is 1. The van der Waals surface area contributed by atoms with E-state index < -0.39 is 17.8 Å². The highest BCUT2D eigenvalue weighted by Gasteiger charge is 2.38. The van der Waals surface area contributed by atoms with Gasteiger partial charge in [0.2, 0.25) is 0 Å². The molecule has 0 unspecified atom stereocenters. The zero-order chi connectivity index (χ0) is 11.8. The predicted molar refractivity (Wildman–Crippen MR) is 53.1 cm³/mol. The van der Waals surface area contributed by atoms with Gasteiger partial charge in [-0.3, -0.25) is 0 Å². The average molecular weight is 227 g/mol. The number of aromatic nitrogens is 2. The van der Waals surface area contributed by atoms with Crippen LogP contribution in [-0.4, -0.2) is 27.4 Å². The van der Waals surface area contributed by atoms with E-state index in [0.29, 0.717) is 4.57 Å². The quantitative estimate of drug-likeness (QED) is 0.655. The first-order chi connectivity index (χ1) is 7.55. The van der Waals surface area contributed by atoms with Gasteiger partial charge in [0.15, 0.2) is 0 Å². The third kappa shape index (κ3) is 1.70. The van der Waals surface area contributed by atoms with E-state index in [0.717, 1.165) is 12.3 Å². The minimum atomic E-state index is -2.41. The summed E-state index contributed by atoms with van der Waals surface area (Å²) in [6, 6.07) is 1.28. The first-order valence-electron chi connectivity index (χ1n) is 4.58. The fourth-order valence-electron chi connectivity index (χ4n) is 1.40. The number of hydrogen-bond acceptors (Lipinski definition) is 5. The van der Waals surface area contributed by atoms with E-state index >= 15 is 0 Å². The van der Waals surface area contributed by atoms with Gasteiger partial charge in [0.25, 0.3) is 0 Å². The minimum absolute atomic E-state index is 0.00512. The van der Waals surface area contributed by atoms with Crippen LogP contribution in [0.15, 0.2) is 29.2 Å². The molecule has 2 heterocycles. The number of nitrogen functional groups attached to an aromatic ring is 1. The first-order valence-corrected chi connectivity index (χ1v) is 4.58. The van der Waals surface area contributed by atoms with Crippen LogP contribution in [0.2, 0.25) is 0 Å². The summed E-state index contributed by atoms with van der Waals surface area (Å²) in [5.41, 5.74) is 4.42. The number of anilines is 1. The maximum absolute atomic E-state index is 14.1. The van der Waals surface area contributed by atoms with Crippen LogP contribution >= 0.6 is 0 Å². The summed E-state index contributed by atoms with van der Waals surface area (Å²) in [4.78, 5) is 14.8. The molecule has 3 N–H and O–H groups in total. The molecular formula is C9H10FN3O3. The fourth-order valence-corrected chi connectivity index (χ4v) is 1.40. The number of nitrogens with two attached hydrogens (primary N) is 1. The van der Waals surface area contributed by atoms with Crippen LogP contribution < -0.4 is 11.4 Å². The van der Waals surface area contributed by atoms with Crippen molar-refractivity contribution in [3.8, 4) is 0 Å². The molecule has 0 aliphatic carbocycles. The van der Waals surface area contributed by atoms with Crippen molar-refractivity contribution < 1.29 is 14.2 Å². The van der Waals surface area contributed by atoms with E-state index in [1.165, 1.54) is 12.1 Å². The molecule has 2 rings (SSSR count). The third-order valence-electron chi connectivity index (χ3n) is 2.17. The number of hydrogen-bond donors (Lipinski definition) is 2. The Morgan fingerprint density at radius 2 is 2.50 bits per heavy atom. The molecule has 16 heavy (non-hydrogen) atoms. The molecule has 0 bridgehead atoms. The van der Waals surface area contributed by atoms with Crippen LogP contribution in [0, 0.1) is 0 Å². The van der Waals surface area contributed by atoms with Crippen LogP contribution in [0.5, 0.6) is 0 Å². The Bertz CT molecular complexity index is 487. The van der Waals surface area contributed by atoms with Gasteiger partial charge >= 0.3 is 11.7 Å². The lowest BCUT2D eigenvalue weighted by atomic mass is 10.3. The molecular weight excluding hydrogens is 217 g/mol. The van der Waals surface area contributed by atoms with Gasteiger partial charge in [-0.2, -0.15) is 9.37 Å². The number of nitrogens with zero attached hydrogens (tertiary/aromatic N) is 2. The van der Waals surface area contributed by atoms with Crippen molar-refractivity contribution in [2.45, 2.75) is 12.1 Å². The van der Waals surface area contributed by atoms with Gasteiger partial charge < -0.3 is 15.6 Å². The molecule has 7 heteroatoms. The summed E-state index contributed by atoms with van der Waals surface area (Å²) >= 11 is 0. The first kappa shape index (κ1) is 10.8. The van der Waals surface area contributed by atoms with Crippen molar-refractivity contribution in [2.75, 3.05) is 12.3 Å². The van der Waals surface area contributed by atoms with Gasteiger partial charge in [0, 0.05) is 12.3 Å². The van der Waals surface area contributed by atoms with Gasteiger partial charge in [0.1, 0.15) is 11.9 Å². The summed E-state index contributed by atoms with van der Waals surface area (Å²) in [5, 5.41) is 8.79. The largest absolute Gasteiger partial charge is 0.393 e. The molecule has 0 amide bonds. The van der Waals surface area contributed by atoms with Gasteiger partial charge in [-0.05, 0) is 12.1 Å². The van der Waals surface area contributed by atoms with Crippen LogP contribution in [0.3, 0.4) is 0 Å². The van der Waals surface area contributed by atoms with Crippen LogP contribution in [0.1, 0.15) is 0 Å². The zero-order valence-corrected chi connectivity index (χ0v) is 8.21. The van der Waals surface area contributed by atoms with E-state index in [-0.39, 0.29) is 12.4 Å². The second-order valence-electron chi connectivity index (χ2n) is 3.31. The van der Waals surface area contributed by atoms with Crippen molar-refractivity contribution in [3.63, 3.8) is 0 Å². The number of aliphatic hydroxyl groups is 1. The van der Waals surface area contributed by atoms with E-state index in [9.17, 15) is 9.18 Å². The van der Waals surface area contributed by atoms with Crippen molar-refractivity contribution in [3.05, 3.63) is 34.9 Å². The summed E-state index contributed by atoms with van der Waals surface area (Å²) in [7, 11) is 0. The predicted octanol–water partition coefficient (Wildman–Crippen LogP) is -0.647. The van der Waals surface area contributed by atoms with Gasteiger partial charge in [0.05, 0.1) is 6.61 Å². The molecule has 2 atom stereocenters. The fraction of sp³-hybridized carbons (Fsp3) is 0.333. The highest BCUT2D eigenvalue weighted by Crippen LogP contribution is 2.28. The molecule has 0 spiro atoms. The van der Waals surface area contributed by atoms with Crippen LogP contribution in [0.4, 0.5) is 10.2 Å². The number of ether oxygens (including phenoxy) is 1. The molecule has 0 radical (unpaired) electrons. The Kier molecular flexibility index (Phi) is 2.49. The molecule has 0 fully saturated rings. The molecule has 0 aromatic carbocycles. The van der Waals surface area contributed by atoms with Crippen molar-refractivity contribution in [1.82, 2.24) is 9.55 Å². The van der Waals surface area contributed by atoms with Gasteiger partial charge in [-0.15, -0.1) is 0 Å². The van der Waals surface area contributed by atoms with Gasteiger partial charge in [-0.25, -0.2) is 9.36 Å². The molecule has 1 aliphatic heterocycles. The van der Waals surface area contributed by atoms with E-state index in [1.54, 1.807) is 0 Å². The molecule has 6 nitrogen and oxygen atoms in total. The molecule has 86 valence electrons. The van der Waals surface area contributed by atoms with Crippen molar-refractivity contribution in [2.24, 2.45) is 0 Å². The lowest BCUT2D eigenvalue weighted by molar-refractivity contribution is -0.183. The second-order valence-corrected chi connectivity index (χ2v) is 3.31. The number of rotatable bonds is 2. The number of alkyl halides is 1. The van der Waals surface area contributed by atoms with E-state index in [4.69, 9.17) is 15.6 Å². The van der Waals surface area contributed by atoms with Crippen LogP contribution in [-0.2, 0) is 10.7 Å². The highest BCUT2D eigenvalue weighted by molar-refractivity contribution is 5.24. The maximum atomic E-state index is 14.1. The molecule has 0 saturated carbocycles. The second kappa shape index (κ2) is 3.69. The van der Waals surface area contributed by atoms with Gasteiger partial charge in [-0.1, -0.05) is 0 Å². The average Bonchev–Trinajstić information content (AvgIpc) is 2.61. The Morgan fingerprint density at radius 3 is 3.06 bits per heavy atom. The Labute approximate surface area is 89.8 Å². The molecule has 1 aromatic heterocycles. The smallest absolute Gasteiger partial charge is 0.354 e. The lowest BCUT2D eigenvalue weighted by Gasteiger charge is -2.21. The molecule has 1 aliphatic rings. The third-order valence-corrected chi connectivity index (χ3v) is 2.17. The normalized spacial score (nSPS) is 28.5. The Hall–Kier alpha value is -1.73. The summed E-state index contributed by atoms with van der Waals surface area (Å²) in [6.07, 6.45) is 2.76. The van der Waals surface area contributed by atoms with Crippen molar-refractivity contribution >= 4 is 5.82 Å². The Balaban J connectivity index is 2.39. The Morgan fingerprint density at radius 1 is 1.75 bits per heavy atom. The number of halogens is 1. The molecule has 1 aromatic rings. The van der Waals surface area contributed by atoms with Crippen molar-refractivity contribution in [1.29, 1.82) is 0 Å². The maximum Gasteiger partial charge on any atom is 0.354 e. The van der Waals surface area contributed by atoms with E-state index in [2.05, 4.69) is 4.98 Å². The van der Waals surface area contributed by atoms with Crippen LogP contribution in [0.25, 0.3) is 0 Å². The standard InChI is InChI=1S/C9H10FN3O3/c10-9(3-1-6(5-14)16-9)13-4-2-7(11)12-8(13)15/h1-4,6,14H,5H2,(H2,11,12,15)/t6-,9-/m0/s1. The minimum Gasteiger partial charge on any atom is -0.393 e. The summed E-state index contributed by atoms with van der Waals surface area (Å²) < 4.78 is 19.7.